The van der Waals surface area contributed by atoms with E-state index in [4.69, 9.17) is 4.74 Å². The average molecular weight is 334 g/mol. The fourth-order valence-electron chi connectivity index (χ4n) is 2.27. The van der Waals surface area contributed by atoms with Crippen LogP contribution < -0.4 is 10.6 Å². The molecule has 0 unspecified atom stereocenters. The predicted molar refractivity (Wildman–Crippen MR) is 87.8 cm³/mol. The molecule has 2 aromatic rings. The van der Waals surface area contributed by atoms with Crippen molar-refractivity contribution in [3.8, 4) is 0 Å². The lowest BCUT2D eigenvalue weighted by molar-refractivity contribution is -0.119. The molecule has 3 rings (SSSR count). The van der Waals surface area contributed by atoms with E-state index < -0.39 is 0 Å². The molecule has 1 saturated carbocycles. The van der Waals surface area contributed by atoms with E-state index in [1.165, 1.54) is 17.7 Å². The molecule has 1 amide bonds. The third kappa shape index (κ3) is 3.42. The minimum atomic E-state index is -0.356. The van der Waals surface area contributed by atoms with E-state index in [0.29, 0.717) is 28.2 Å². The third-order valence-electron chi connectivity index (χ3n) is 3.55. The van der Waals surface area contributed by atoms with E-state index >= 15 is 0 Å². The van der Waals surface area contributed by atoms with Crippen molar-refractivity contribution < 1.29 is 14.3 Å². The summed E-state index contributed by atoms with van der Waals surface area (Å²) in [6.07, 6.45) is 3.53. The van der Waals surface area contributed by atoms with Gasteiger partial charge in [0.15, 0.2) is 0 Å². The summed E-state index contributed by atoms with van der Waals surface area (Å²) in [5, 5.41) is 6.71. The number of carbonyl (C=O) groups excluding carboxylic acids is 2. The molecule has 0 saturated heterocycles. The van der Waals surface area contributed by atoms with E-state index in [-0.39, 0.29) is 18.4 Å². The van der Waals surface area contributed by atoms with Gasteiger partial charge < -0.3 is 15.4 Å². The number of anilines is 1. The Kier molecular flexibility index (Phi) is 4.42. The Hall–Kier alpha value is -2.22. The van der Waals surface area contributed by atoms with Gasteiger partial charge in [-0.25, -0.2) is 14.8 Å². The SMILES string of the molecule is CCOC(=O)c1sc2ncnc(NCC(=O)NC3CC3)c2c1C. The number of nitrogens with zero attached hydrogens (tertiary/aromatic N) is 2. The van der Waals surface area contributed by atoms with Crippen LogP contribution in [0.25, 0.3) is 10.2 Å². The van der Waals surface area contributed by atoms with Gasteiger partial charge in [0.25, 0.3) is 0 Å². The van der Waals surface area contributed by atoms with Crippen molar-refractivity contribution in [1.82, 2.24) is 15.3 Å². The van der Waals surface area contributed by atoms with E-state index in [0.717, 1.165) is 23.8 Å². The number of hydrogen-bond acceptors (Lipinski definition) is 7. The summed E-state index contributed by atoms with van der Waals surface area (Å²) in [6, 6.07) is 0.327. The molecule has 23 heavy (non-hydrogen) atoms. The Bertz CT molecular complexity index is 755. The van der Waals surface area contributed by atoms with Gasteiger partial charge in [0.2, 0.25) is 5.91 Å². The van der Waals surface area contributed by atoms with Crippen molar-refractivity contribution in [2.75, 3.05) is 18.5 Å². The van der Waals surface area contributed by atoms with Crippen LogP contribution in [0.15, 0.2) is 6.33 Å². The molecule has 2 N–H and O–H groups in total. The van der Waals surface area contributed by atoms with Crippen molar-refractivity contribution in [1.29, 1.82) is 0 Å². The number of esters is 1. The molecular weight excluding hydrogens is 316 g/mol. The molecule has 1 aliphatic carbocycles. The second-order valence-electron chi connectivity index (χ2n) is 5.37. The second-order valence-corrected chi connectivity index (χ2v) is 6.37. The normalized spacial score (nSPS) is 13.8. The van der Waals surface area contributed by atoms with Crippen LogP contribution in [0.1, 0.15) is 35.0 Å². The lowest BCUT2D eigenvalue weighted by Crippen LogP contribution is -2.31. The quantitative estimate of drug-likeness (QED) is 0.783. The Morgan fingerprint density at radius 2 is 2.17 bits per heavy atom. The van der Waals surface area contributed by atoms with Crippen LogP contribution in [-0.2, 0) is 9.53 Å². The van der Waals surface area contributed by atoms with Crippen molar-refractivity contribution in [2.45, 2.75) is 32.7 Å². The number of ether oxygens (including phenoxy) is 1. The summed E-state index contributed by atoms with van der Waals surface area (Å²) in [5.74, 6) is 0.147. The van der Waals surface area contributed by atoms with E-state index in [1.54, 1.807) is 6.92 Å². The summed E-state index contributed by atoms with van der Waals surface area (Å²) < 4.78 is 5.07. The minimum Gasteiger partial charge on any atom is -0.462 e. The van der Waals surface area contributed by atoms with Gasteiger partial charge in [-0.3, -0.25) is 4.79 Å². The summed E-state index contributed by atoms with van der Waals surface area (Å²) in [6.45, 7) is 4.08. The lowest BCUT2D eigenvalue weighted by atomic mass is 10.2. The topological polar surface area (TPSA) is 93.2 Å². The lowest BCUT2D eigenvalue weighted by Gasteiger charge is -2.07. The Balaban J connectivity index is 1.82. The Morgan fingerprint density at radius 3 is 2.87 bits per heavy atom. The van der Waals surface area contributed by atoms with Gasteiger partial charge in [-0.1, -0.05) is 0 Å². The van der Waals surface area contributed by atoms with Crippen LogP contribution in [0, 0.1) is 6.92 Å². The maximum Gasteiger partial charge on any atom is 0.348 e. The van der Waals surface area contributed by atoms with Crippen LogP contribution in [0.4, 0.5) is 5.82 Å². The fraction of sp³-hybridized carbons (Fsp3) is 0.467. The molecule has 0 aromatic carbocycles. The van der Waals surface area contributed by atoms with Crippen LogP contribution >= 0.6 is 11.3 Å². The van der Waals surface area contributed by atoms with Gasteiger partial charge in [-0.2, -0.15) is 0 Å². The van der Waals surface area contributed by atoms with Crippen LogP contribution in [0.2, 0.25) is 0 Å². The molecule has 0 spiro atoms. The maximum atomic E-state index is 12.0. The highest BCUT2D eigenvalue weighted by Crippen LogP contribution is 2.33. The highest BCUT2D eigenvalue weighted by molar-refractivity contribution is 7.20. The molecule has 122 valence electrons. The molecule has 1 fully saturated rings. The van der Waals surface area contributed by atoms with Crippen molar-refractivity contribution in [3.63, 3.8) is 0 Å². The zero-order chi connectivity index (χ0) is 16.4. The van der Waals surface area contributed by atoms with Crippen LogP contribution in [0.5, 0.6) is 0 Å². The van der Waals surface area contributed by atoms with Crippen molar-refractivity contribution in [2.24, 2.45) is 0 Å². The number of hydrogen-bond donors (Lipinski definition) is 2. The number of carbonyl (C=O) groups is 2. The molecule has 0 bridgehead atoms. The molecule has 8 heteroatoms. The van der Waals surface area contributed by atoms with Crippen molar-refractivity contribution >= 4 is 39.2 Å². The minimum absolute atomic E-state index is 0.0576. The smallest absolute Gasteiger partial charge is 0.348 e. The van der Waals surface area contributed by atoms with Gasteiger partial charge >= 0.3 is 5.97 Å². The standard InChI is InChI=1S/C15H18N4O3S/c1-3-22-15(21)12-8(2)11-13(17-7-18-14(11)23-12)16-6-10(20)19-9-4-5-9/h7,9H,3-6H2,1-2H3,(H,19,20)(H,16,17,18). The van der Waals surface area contributed by atoms with Crippen molar-refractivity contribution in [3.05, 3.63) is 16.8 Å². The van der Waals surface area contributed by atoms with Gasteiger partial charge in [-0.05, 0) is 32.3 Å². The molecule has 0 aliphatic heterocycles. The zero-order valence-electron chi connectivity index (χ0n) is 13.0. The molecular formula is C15H18N4O3S. The number of fused-ring (bicyclic) bond motifs is 1. The number of nitrogens with one attached hydrogen (secondary N) is 2. The number of rotatable bonds is 6. The van der Waals surface area contributed by atoms with Gasteiger partial charge in [-0.15, -0.1) is 11.3 Å². The maximum absolute atomic E-state index is 12.0. The Morgan fingerprint density at radius 1 is 1.39 bits per heavy atom. The summed E-state index contributed by atoms with van der Waals surface area (Å²) in [4.78, 5) is 33.4. The number of aromatic nitrogens is 2. The highest BCUT2D eigenvalue weighted by Gasteiger charge is 2.24. The van der Waals surface area contributed by atoms with Gasteiger partial charge in [0.05, 0.1) is 18.5 Å². The summed E-state index contributed by atoms with van der Waals surface area (Å²) in [7, 11) is 0. The number of aryl methyl sites for hydroxylation is 1. The van der Waals surface area contributed by atoms with Crippen LogP contribution in [-0.4, -0.2) is 41.0 Å². The first-order valence-corrected chi connectivity index (χ1v) is 8.36. The van der Waals surface area contributed by atoms with Gasteiger partial charge in [0, 0.05) is 6.04 Å². The first-order chi connectivity index (χ1) is 11.1. The highest BCUT2D eigenvalue weighted by atomic mass is 32.1. The fourth-order valence-corrected chi connectivity index (χ4v) is 3.31. The average Bonchev–Trinajstić information content (AvgIpc) is 3.27. The summed E-state index contributed by atoms with van der Waals surface area (Å²) in [5.41, 5.74) is 0.772. The predicted octanol–water partition coefficient (Wildman–Crippen LogP) is 1.87. The third-order valence-corrected chi connectivity index (χ3v) is 4.73. The molecule has 0 atom stereocenters. The van der Waals surface area contributed by atoms with E-state index in [9.17, 15) is 9.59 Å². The zero-order valence-corrected chi connectivity index (χ0v) is 13.8. The summed E-state index contributed by atoms with van der Waals surface area (Å²) >= 11 is 1.27. The van der Waals surface area contributed by atoms with E-state index in [2.05, 4.69) is 20.6 Å². The largest absolute Gasteiger partial charge is 0.462 e. The second kappa shape index (κ2) is 6.49. The Labute approximate surface area is 137 Å². The molecule has 1 aliphatic rings. The molecule has 2 heterocycles. The molecule has 7 nitrogen and oxygen atoms in total. The monoisotopic (exact) mass is 334 g/mol. The van der Waals surface area contributed by atoms with E-state index in [1.807, 2.05) is 6.92 Å². The van der Waals surface area contributed by atoms with Gasteiger partial charge in [0.1, 0.15) is 21.9 Å². The number of amides is 1. The first-order valence-electron chi connectivity index (χ1n) is 7.54. The number of thiophene rings is 1. The molecule has 2 aromatic heterocycles. The van der Waals surface area contributed by atoms with Crippen LogP contribution in [0.3, 0.4) is 0 Å². The first kappa shape index (κ1) is 15.7. The molecule has 0 radical (unpaired) electrons.